The maximum atomic E-state index is 13.3. The topological polar surface area (TPSA) is 86.0 Å². The van der Waals surface area contributed by atoms with Gasteiger partial charge in [-0.1, -0.05) is 29.8 Å². The molecule has 0 unspecified atom stereocenters. The van der Waals surface area contributed by atoms with Crippen LogP contribution in [-0.4, -0.2) is 49.2 Å². The molecule has 180 valence electrons. The summed E-state index contributed by atoms with van der Waals surface area (Å²) in [5.74, 6) is 0.601. The summed E-state index contributed by atoms with van der Waals surface area (Å²) in [4.78, 5) is 31.8. The van der Waals surface area contributed by atoms with E-state index in [1.165, 1.54) is 4.68 Å². The van der Waals surface area contributed by atoms with Gasteiger partial charge >= 0.3 is 5.97 Å². The van der Waals surface area contributed by atoms with E-state index in [1.54, 1.807) is 19.2 Å². The highest BCUT2D eigenvalue weighted by molar-refractivity contribution is 9.10. The fourth-order valence-electron chi connectivity index (χ4n) is 3.27. The summed E-state index contributed by atoms with van der Waals surface area (Å²) in [5.41, 5.74) is 1.89. The Morgan fingerprint density at radius 1 is 1.24 bits per heavy atom. The number of nitrogens with zero attached hydrogens (tertiary/aromatic N) is 4. The Morgan fingerprint density at radius 2 is 2.00 bits per heavy atom. The van der Waals surface area contributed by atoms with Crippen molar-refractivity contribution in [3.63, 3.8) is 0 Å². The molecule has 3 aromatic rings. The first-order chi connectivity index (χ1) is 16.2. The molecule has 0 fully saturated rings. The van der Waals surface area contributed by atoms with E-state index in [-0.39, 0.29) is 24.7 Å². The second-order valence-corrected chi connectivity index (χ2v) is 8.93. The van der Waals surface area contributed by atoms with Gasteiger partial charge < -0.3 is 14.4 Å². The third-order valence-electron chi connectivity index (χ3n) is 5.36. The molecule has 0 N–H and O–H groups in total. The zero-order valence-corrected chi connectivity index (χ0v) is 21.6. The van der Waals surface area contributed by atoms with Crippen LogP contribution in [-0.2, 0) is 9.53 Å². The number of esters is 1. The van der Waals surface area contributed by atoms with Gasteiger partial charge in [0.1, 0.15) is 11.6 Å². The van der Waals surface area contributed by atoms with Crippen molar-refractivity contribution in [3.05, 3.63) is 62.6 Å². The highest BCUT2D eigenvalue weighted by Crippen LogP contribution is 2.25. The Kier molecular flexibility index (Phi) is 8.44. The summed E-state index contributed by atoms with van der Waals surface area (Å²) < 4.78 is 12.8. The van der Waals surface area contributed by atoms with Gasteiger partial charge in [0.25, 0.3) is 5.56 Å². The highest BCUT2D eigenvalue weighted by atomic mass is 79.9. The number of benzene rings is 2. The monoisotopic (exact) mass is 528 g/mol. The maximum absolute atomic E-state index is 13.3. The minimum Gasteiger partial charge on any atom is -0.481 e. The number of carbonyl (C=O) groups is 1. The number of hydrogen-bond donors (Lipinski definition) is 0. The summed E-state index contributed by atoms with van der Waals surface area (Å²) in [6, 6.07) is 11.0. The molecule has 0 radical (unpaired) electrons. The number of carbonyl (C=O) groups excluding carboxylic acids is 1. The van der Waals surface area contributed by atoms with Crippen molar-refractivity contribution < 1.29 is 14.3 Å². The van der Waals surface area contributed by atoms with Crippen LogP contribution in [0.5, 0.6) is 5.75 Å². The third-order valence-corrected chi connectivity index (χ3v) is 5.86. The van der Waals surface area contributed by atoms with Crippen LogP contribution < -0.4 is 15.2 Å². The molecule has 9 heteroatoms. The van der Waals surface area contributed by atoms with Gasteiger partial charge in [-0.3, -0.25) is 4.79 Å². The number of hydrogen-bond acceptors (Lipinski definition) is 7. The molecule has 0 aliphatic carbocycles. The Labute approximate surface area is 207 Å². The Bertz CT molecular complexity index is 1270. The Morgan fingerprint density at radius 3 is 2.68 bits per heavy atom. The molecular weight excluding hydrogens is 500 g/mol. The van der Waals surface area contributed by atoms with Gasteiger partial charge in [-0.05, 0) is 43.7 Å². The molecule has 8 nitrogen and oxygen atoms in total. The van der Waals surface area contributed by atoms with Crippen molar-refractivity contribution in [2.45, 2.75) is 33.1 Å². The molecule has 0 spiro atoms. The molecule has 1 atom stereocenters. The van der Waals surface area contributed by atoms with Crippen LogP contribution in [0.25, 0.3) is 10.9 Å². The van der Waals surface area contributed by atoms with Crippen LogP contribution in [0.4, 0.5) is 5.69 Å². The van der Waals surface area contributed by atoms with Crippen molar-refractivity contribution in [2.24, 2.45) is 5.10 Å². The van der Waals surface area contributed by atoms with E-state index in [2.05, 4.69) is 21.0 Å². The average Bonchev–Trinajstić information content (AvgIpc) is 2.82. The van der Waals surface area contributed by atoms with Gasteiger partial charge in [-0.15, -0.1) is 0 Å². The summed E-state index contributed by atoms with van der Waals surface area (Å²) in [7, 11) is 3.82. The van der Waals surface area contributed by atoms with E-state index in [9.17, 15) is 9.59 Å². The summed E-state index contributed by atoms with van der Waals surface area (Å²) in [6.07, 6.45) is 2.36. The molecule has 1 heterocycles. The van der Waals surface area contributed by atoms with E-state index in [4.69, 9.17) is 14.5 Å². The lowest BCUT2D eigenvalue weighted by molar-refractivity contribution is -0.145. The summed E-state index contributed by atoms with van der Waals surface area (Å²) in [5, 5.41) is 4.99. The standard InChI is InChI=1S/C25H29BrN4O4/c1-6-16(3)24-28-21-11-9-18(26)12-20(21)25(32)30(24)27-14-17-8-10-19(29(4)5)13-22(17)34-15-23(31)33-7-2/h8-14,16H,6-7,15H2,1-5H3/t16-/m0/s1. The zero-order chi connectivity index (χ0) is 24.8. The second kappa shape index (κ2) is 11.3. The largest absolute Gasteiger partial charge is 0.481 e. The number of fused-ring (bicyclic) bond motifs is 1. The average molecular weight is 529 g/mol. The van der Waals surface area contributed by atoms with Crippen LogP contribution in [0.15, 0.2) is 50.8 Å². The predicted molar refractivity (Wildman–Crippen MR) is 138 cm³/mol. The molecule has 0 aliphatic rings. The second-order valence-electron chi connectivity index (χ2n) is 8.01. The van der Waals surface area contributed by atoms with Crippen LogP contribution in [0, 0.1) is 0 Å². The van der Waals surface area contributed by atoms with Crippen LogP contribution >= 0.6 is 15.9 Å². The van der Waals surface area contributed by atoms with E-state index in [0.29, 0.717) is 28.0 Å². The molecule has 34 heavy (non-hydrogen) atoms. The van der Waals surface area contributed by atoms with Crippen LogP contribution in [0.2, 0.25) is 0 Å². The van der Waals surface area contributed by atoms with E-state index < -0.39 is 5.97 Å². The van der Waals surface area contributed by atoms with E-state index >= 15 is 0 Å². The smallest absolute Gasteiger partial charge is 0.344 e. The fourth-order valence-corrected chi connectivity index (χ4v) is 3.63. The lowest BCUT2D eigenvalue weighted by Gasteiger charge is -2.16. The Balaban J connectivity index is 2.08. The highest BCUT2D eigenvalue weighted by Gasteiger charge is 2.16. The summed E-state index contributed by atoms with van der Waals surface area (Å²) in [6.45, 7) is 5.84. The first-order valence-corrected chi connectivity index (χ1v) is 11.9. The van der Waals surface area contributed by atoms with Crippen molar-refractivity contribution in [3.8, 4) is 5.75 Å². The maximum Gasteiger partial charge on any atom is 0.344 e. The molecule has 0 saturated carbocycles. The van der Waals surface area contributed by atoms with Crippen LogP contribution in [0.3, 0.4) is 0 Å². The zero-order valence-electron chi connectivity index (χ0n) is 20.0. The first kappa shape index (κ1) is 25.4. The van der Waals surface area contributed by atoms with Crippen molar-refractivity contribution in [1.82, 2.24) is 9.66 Å². The minimum absolute atomic E-state index is 0.0218. The van der Waals surface area contributed by atoms with Crippen LogP contribution in [0.1, 0.15) is 44.5 Å². The molecule has 1 aromatic heterocycles. The van der Waals surface area contributed by atoms with E-state index in [1.807, 2.05) is 63.2 Å². The molecule has 0 aliphatic heterocycles. The quantitative estimate of drug-likeness (QED) is 0.299. The lowest BCUT2D eigenvalue weighted by atomic mass is 10.1. The predicted octanol–water partition coefficient (Wildman–Crippen LogP) is 4.56. The molecule has 2 aromatic carbocycles. The van der Waals surface area contributed by atoms with Crippen molar-refractivity contribution in [1.29, 1.82) is 0 Å². The number of rotatable bonds is 9. The minimum atomic E-state index is -0.458. The fraction of sp³-hybridized carbons (Fsp3) is 0.360. The third kappa shape index (κ3) is 5.83. The molecular formula is C25H29BrN4O4. The van der Waals surface area contributed by atoms with Crippen molar-refractivity contribution in [2.75, 3.05) is 32.2 Å². The van der Waals surface area contributed by atoms with Gasteiger partial charge in [0.2, 0.25) is 0 Å². The van der Waals surface area contributed by atoms with Gasteiger partial charge in [0.05, 0.1) is 23.7 Å². The molecule has 0 bridgehead atoms. The van der Waals surface area contributed by atoms with Gasteiger partial charge in [0, 0.05) is 41.8 Å². The molecule has 0 amide bonds. The van der Waals surface area contributed by atoms with Gasteiger partial charge in [0.15, 0.2) is 6.61 Å². The van der Waals surface area contributed by atoms with Gasteiger partial charge in [-0.2, -0.15) is 9.78 Å². The number of anilines is 1. The van der Waals surface area contributed by atoms with Crippen molar-refractivity contribution >= 4 is 44.7 Å². The Hall–Kier alpha value is -3.20. The number of aromatic nitrogens is 2. The summed E-state index contributed by atoms with van der Waals surface area (Å²) >= 11 is 3.42. The number of ether oxygens (including phenoxy) is 2. The lowest BCUT2D eigenvalue weighted by Crippen LogP contribution is -2.23. The van der Waals surface area contributed by atoms with E-state index in [0.717, 1.165) is 16.6 Å². The first-order valence-electron chi connectivity index (χ1n) is 11.1. The normalized spacial score (nSPS) is 12.2. The number of halogens is 1. The SMILES string of the molecule is CCOC(=O)COc1cc(N(C)C)ccc1C=Nn1c([C@@H](C)CC)nc2ccc(Br)cc2c1=O. The molecule has 3 rings (SSSR count). The van der Waals surface area contributed by atoms with Gasteiger partial charge in [-0.25, -0.2) is 9.78 Å². The molecule has 0 saturated heterocycles.